The van der Waals surface area contributed by atoms with Crippen molar-refractivity contribution in [3.05, 3.63) is 11.6 Å². The average Bonchev–Trinajstić information content (AvgIpc) is 3.06. The first kappa shape index (κ1) is 22.9. The van der Waals surface area contributed by atoms with Crippen LogP contribution in [0.25, 0.3) is 0 Å². The number of allylic oxidation sites excluding steroid dienone is 1. The van der Waals surface area contributed by atoms with Crippen LogP contribution in [0.2, 0.25) is 0 Å². The summed E-state index contributed by atoms with van der Waals surface area (Å²) >= 11 is 0. The summed E-state index contributed by atoms with van der Waals surface area (Å²) in [5.41, 5.74) is 2.60. The van der Waals surface area contributed by atoms with Gasteiger partial charge in [0.1, 0.15) is 0 Å². The SMILES string of the molecule is CC[C@H](CC[C@@H](C)[C@H]1CC[C@H]2[C@@H]3CCC4=CC(O)CC[C@]4(C)[C@H]3CC[C@]12C)C(C)C. The van der Waals surface area contributed by atoms with Crippen LogP contribution in [0.5, 0.6) is 0 Å². The Bertz CT molecular complexity index is 634. The van der Waals surface area contributed by atoms with Gasteiger partial charge in [0, 0.05) is 0 Å². The molecule has 0 bridgehead atoms. The lowest BCUT2D eigenvalue weighted by molar-refractivity contribution is -0.0629. The van der Waals surface area contributed by atoms with Crippen LogP contribution in [0.1, 0.15) is 112 Å². The highest BCUT2D eigenvalue weighted by Gasteiger charge is 2.59. The number of hydrogen-bond donors (Lipinski definition) is 1. The summed E-state index contributed by atoms with van der Waals surface area (Å²) in [5, 5.41) is 10.2. The van der Waals surface area contributed by atoms with Gasteiger partial charge in [-0.1, -0.05) is 66.0 Å². The van der Waals surface area contributed by atoms with Crippen LogP contribution in [-0.2, 0) is 0 Å². The molecule has 172 valence electrons. The summed E-state index contributed by atoms with van der Waals surface area (Å²) in [5.74, 6) is 6.37. The molecule has 30 heavy (non-hydrogen) atoms. The van der Waals surface area contributed by atoms with Crippen molar-refractivity contribution < 1.29 is 5.11 Å². The molecule has 4 rings (SSSR count). The molecule has 9 atom stereocenters. The van der Waals surface area contributed by atoms with E-state index in [9.17, 15) is 5.11 Å². The molecule has 0 aromatic heterocycles. The number of aliphatic hydroxyl groups is 1. The summed E-state index contributed by atoms with van der Waals surface area (Å²) in [6, 6.07) is 0. The summed E-state index contributed by atoms with van der Waals surface area (Å²) in [4.78, 5) is 0. The maximum absolute atomic E-state index is 10.2. The fourth-order valence-electron chi connectivity index (χ4n) is 9.37. The third kappa shape index (κ3) is 3.74. The smallest absolute Gasteiger partial charge is 0.0724 e. The molecule has 0 amide bonds. The minimum Gasteiger partial charge on any atom is -0.389 e. The zero-order valence-electron chi connectivity index (χ0n) is 20.9. The Morgan fingerprint density at radius 2 is 1.73 bits per heavy atom. The highest BCUT2D eigenvalue weighted by atomic mass is 16.3. The van der Waals surface area contributed by atoms with Gasteiger partial charge in [-0.15, -0.1) is 0 Å². The summed E-state index contributed by atoms with van der Waals surface area (Å²) in [7, 11) is 0. The van der Waals surface area contributed by atoms with E-state index in [1.165, 1.54) is 64.2 Å². The van der Waals surface area contributed by atoms with Gasteiger partial charge in [0.2, 0.25) is 0 Å². The number of fused-ring (bicyclic) bond motifs is 5. The fourth-order valence-corrected chi connectivity index (χ4v) is 9.37. The molecule has 0 aliphatic heterocycles. The molecule has 1 nitrogen and oxygen atoms in total. The maximum atomic E-state index is 10.2. The Hall–Kier alpha value is -0.300. The number of rotatable bonds is 6. The zero-order valence-corrected chi connectivity index (χ0v) is 20.9. The molecule has 1 N–H and O–H groups in total. The van der Waals surface area contributed by atoms with E-state index in [-0.39, 0.29) is 6.10 Å². The predicted octanol–water partition coefficient (Wildman–Crippen LogP) is 8.02. The molecule has 4 aliphatic carbocycles. The maximum Gasteiger partial charge on any atom is 0.0724 e. The van der Waals surface area contributed by atoms with Crippen LogP contribution >= 0.6 is 0 Å². The third-order valence-corrected chi connectivity index (χ3v) is 11.3. The second-order valence-electron chi connectivity index (χ2n) is 12.8. The molecule has 0 radical (unpaired) electrons. The van der Waals surface area contributed by atoms with Crippen molar-refractivity contribution in [1.82, 2.24) is 0 Å². The van der Waals surface area contributed by atoms with Crippen molar-refractivity contribution in [3.8, 4) is 0 Å². The van der Waals surface area contributed by atoms with Crippen LogP contribution < -0.4 is 0 Å². The second-order valence-corrected chi connectivity index (χ2v) is 12.8. The van der Waals surface area contributed by atoms with Crippen LogP contribution in [-0.4, -0.2) is 11.2 Å². The van der Waals surface area contributed by atoms with Gasteiger partial charge < -0.3 is 5.11 Å². The molecule has 0 aromatic rings. The molecule has 3 fully saturated rings. The average molecular weight is 415 g/mol. The molecule has 1 unspecified atom stereocenters. The molecular weight excluding hydrogens is 364 g/mol. The molecular formula is C29H50O. The van der Waals surface area contributed by atoms with Gasteiger partial charge in [0.15, 0.2) is 0 Å². The van der Waals surface area contributed by atoms with Gasteiger partial charge in [-0.25, -0.2) is 0 Å². The molecule has 0 spiro atoms. The van der Waals surface area contributed by atoms with Gasteiger partial charge in [-0.2, -0.15) is 0 Å². The molecule has 0 aromatic carbocycles. The normalized spacial score (nSPS) is 45.3. The standard InChI is InChI=1S/C29H50O/c1-7-21(19(2)3)9-8-20(4)25-12-13-26-24-11-10-22-18-23(30)14-16-28(22,5)27(24)15-17-29(25,26)6/h18-21,23-27,30H,7-17H2,1-6H3/t20-,21-,23?,24+,25-,26+,27+,28+,29-/m1/s1. The highest BCUT2D eigenvalue weighted by molar-refractivity contribution is 5.25. The van der Waals surface area contributed by atoms with Crippen molar-refractivity contribution in [3.63, 3.8) is 0 Å². The fraction of sp³-hybridized carbons (Fsp3) is 0.931. The predicted molar refractivity (Wildman–Crippen MR) is 128 cm³/mol. The Labute approximate surface area is 187 Å². The van der Waals surface area contributed by atoms with Gasteiger partial charge in [-0.05, 0) is 110 Å². The van der Waals surface area contributed by atoms with Gasteiger partial charge >= 0.3 is 0 Å². The van der Waals surface area contributed by atoms with E-state index >= 15 is 0 Å². The number of aliphatic hydroxyl groups excluding tert-OH is 1. The van der Waals surface area contributed by atoms with Gasteiger partial charge in [-0.3, -0.25) is 0 Å². The Morgan fingerprint density at radius 3 is 2.43 bits per heavy atom. The van der Waals surface area contributed by atoms with Gasteiger partial charge in [0.25, 0.3) is 0 Å². The van der Waals surface area contributed by atoms with Crippen molar-refractivity contribution >= 4 is 0 Å². The molecule has 0 saturated heterocycles. The largest absolute Gasteiger partial charge is 0.389 e. The number of hydrogen-bond acceptors (Lipinski definition) is 1. The molecule has 3 saturated carbocycles. The van der Waals surface area contributed by atoms with E-state index in [2.05, 4.69) is 47.6 Å². The molecule has 1 heteroatoms. The van der Waals surface area contributed by atoms with E-state index in [4.69, 9.17) is 0 Å². The zero-order chi connectivity index (χ0) is 21.7. The van der Waals surface area contributed by atoms with Crippen LogP contribution in [0.3, 0.4) is 0 Å². The van der Waals surface area contributed by atoms with Crippen LogP contribution in [0.15, 0.2) is 11.6 Å². The first-order chi connectivity index (χ1) is 14.2. The van der Waals surface area contributed by atoms with E-state index < -0.39 is 0 Å². The van der Waals surface area contributed by atoms with E-state index in [0.717, 1.165) is 47.8 Å². The van der Waals surface area contributed by atoms with E-state index in [1.807, 2.05) is 0 Å². The minimum absolute atomic E-state index is 0.173. The van der Waals surface area contributed by atoms with Crippen LogP contribution in [0.4, 0.5) is 0 Å². The Morgan fingerprint density at radius 1 is 0.967 bits per heavy atom. The second kappa shape index (κ2) is 8.57. The first-order valence-electron chi connectivity index (χ1n) is 13.6. The third-order valence-electron chi connectivity index (χ3n) is 11.3. The van der Waals surface area contributed by atoms with Crippen molar-refractivity contribution in [2.75, 3.05) is 0 Å². The topological polar surface area (TPSA) is 20.2 Å². The van der Waals surface area contributed by atoms with Crippen LogP contribution in [0, 0.1) is 52.3 Å². The Kier molecular flexibility index (Phi) is 6.53. The highest BCUT2D eigenvalue weighted by Crippen LogP contribution is 2.67. The van der Waals surface area contributed by atoms with E-state index in [1.54, 1.807) is 5.57 Å². The lowest BCUT2D eigenvalue weighted by Crippen LogP contribution is -2.51. The quantitative estimate of drug-likeness (QED) is 0.436. The van der Waals surface area contributed by atoms with Gasteiger partial charge in [0.05, 0.1) is 6.10 Å². The summed E-state index contributed by atoms with van der Waals surface area (Å²) in [6.45, 7) is 15.1. The first-order valence-corrected chi connectivity index (χ1v) is 13.6. The summed E-state index contributed by atoms with van der Waals surface area (Å²) < 4.78 is 0. The minimum atomic E-state index is -0.173. The van der Waals surface area contributed by atoms with Crippen molar-refractivity contribution in [1.29, 1.82) is 0 Å². The monoisotopic (exact) mass is 414 g/mol. The van der Waals surface area contributed by atoms with E-state index in [0.29, 0.717) is 10.8 Å². The molecule has 0 heterocycles. The lowest BCUT2D eigenvalue weighted by Gasteiger charge is -2.59. The summed E-state index contributed by atoms with van der Waals surface area (Å²) in [6.07, 6.45) is 17.1. The lowest BCUT2D eigenvalue weighted by atomic mass is 9.46. The molecule has 4 aliphatic rings. The van der Waals surface area contributed by atoms with Crippen molar-refractivity contribution in [2.24, 2.45) is 52.3 Å². The Balaban J connectivity index is 1.47. The van der Waals surface area contributed by atoms with Crippen molar-refractivity contribution in [2.45, 2.75) is 118 Å².